The molecule has 1 aromatic carbocycles. The first-order valence-corrected chi connectivity index (χ1v) is 12.2. The Bertz CT molecular complexity index is 936. The minimum absolute atomic E-state index is 0.127. The van der Waals surface area contributed by atoms with Gasteiger partial charge in [-0.3, -0.25) is 9.59 Å². The summed E-state index contributed by atoms with van der Waals surface area (Å²) in [7, 11) is 2.07. The van der Waals surface area contributed by atoms with E-state index in [1.54, 1.807) is 0 Å². The quantitative estimate of drug-likeness (QED) is 0.612. The average molecular weight is 459 g/mol. The zero-order valence-electron chi connectivity index (χ0n) is 19.7. The second-order valence-electron chi connectivity index (χ2n) is 8.62. The second kappa shape index (κ2) is 11.0. The molecule has 1 aliphatic rings. The van der Waals surface area contributed by atoms with Crippen molar-refractivity contribution in [2.75, 3.05) is 39.0 Å². The van der Waals surface area contributed by atoms with Gasteiger partial charge in [-0.1, -0.05) is 43.3 Å². The first-order valence-electron chi connectivity index (χ1n) is 11.2. The van der Waals surface area contributed by atoms with Crippen LogP contribution in [0.5, 0.6) is 0 Å². The summed E-state index contributed by atoms with van der Waals surface area (Å²) in [5, 5.41) is 12.6. The molecular weight excluding hydrogens is 424 g/mol. The minimum Gasteiger partial charge on any atom is -0.342 e. The van der Waals surface area contributed by atoms with Gasteiger partial charge in [-0.25, -0.2) is 0 Å². The van der Waals surface area contributed by atoms with Crippen molar-refractivity contribution >= 4 is 23.6 Å². The minimum atomic E-state index is -0.279. The maximum absolute atomic E-state index is 12.9. The number of carbonyl (C=O) groups excluding carboxylic acids is 2. The Hall–Kier alpha value is -2.39. The molecule has 1 aliphatic heterocycles. The zero-order chi connectivity index (χ0) is 23.3. The van der Waals surface area contributed by atoms with Crippen molar-refractivity contribution in [3.63, 3.8) is 0 Å². The molecule has 0 radical (unpaired) electrons. The lowest BCUT2D eigenvalue weighted by atomic mass is 10.0. The standard InChI is InChI=1S/C23H34N6O2S/c1-6-29-21(20(16(2)3)24-22(31)18-9-7-8-17(4)14-18)25-26-23(29)32-15-19(30)28-12-10-27(5)11-13-28/h7-9,14,16,20H,6,10-13,15H2,1-5H3,(H,24,31)/t20-/m0/s1. The highest BCUT2D eigenvalue weighted by Crippen LogP contribution is 2.26. The van der Waals surface area contributed by atoms with Crippen molar-refractivity contribution in [3.8, 4) is 0 Å². The van der Waals surface area contributed by atoms with Crippen LogP contribution in [0.2, 0.25) is 0 Å². The van der Waals surface area contributed by atoms with E-state index in [4.69, 9.17) is 0 Å². The van der Waals surface area contributed by atoms with Crippen LogP contribution in [0, 0.1) is 12.8 Å². The lowest BCUT2D eigenvalue weighted by molar-refractivity contribution is -0.129. The SMILES string of the molecule is CCn1c(SCC(=O)N2CCN(C)CC2)nnc1[C@@H](NC(=O)c1cccc(C)c1)C(C)C. The van der Waals surface area contributed by atoms with Crippen LogP contribution in [0.4, 0.5) is 0 Å². The van der Waals surface area contributed by atoms with Crippen molar-refractivity contribution < 1.29 is 9.59 Å². The number of piperazine rings is 1. The summed E-state index contributed by atoms with van der Waals surface area (Å²) < 4.78 is 2.00. The first kappa shape index (κ1) is 24.3. The van der Waals surface area contributed by atoms with Gasteiger partial charge >= 0.3 is 0 Å². The molecule has 2 heterocycles. The molecule has 174 valence electrons. The summed E-state index contributed by atoms with van der Waals surface area (Å²) in [6.45, 7) is 12.1. The second-order valence-corrected chi connectivity index (χ2v) is 9.56. The van der Waals surface area contributed by atoms with Gasteiger partial charge in [0, 0.05) is 38.3 Å². The molecule has 9 heteroatoms. The molecule has 0 aliphatic carbocycles. The number of hydrogen-bond acceptors (Lipinski definition) is 6. The van der Waals surface area contributed by atoms with Gasteiger partial charge in [0.2, 0.25) is 5.91 Å². The lowest BCUT2D eigenvalue weighted by Gasteiger charge is -2.32. The summed E-state index contributed by atoms with van der Waals surface area (Å²) >= 11 is 1.41. The van der Waals surface area contributed by atoms with Crippen LogP contribution in [-0.2, 0) is 11.3 Å². The Morgan fingerprint density at radius 3 is 2.50 bits per heavy atom. The fourth-order valence-corrected chi connectivity index (χ4v) is 4.66. The van der Waals surface area contributed by atoms with Crippen LogP contribution in [-0.4, -0.2) is 75.4 Å². The van der Waals surface area contributed by atoms with Crippen molar-refractivity contribution in [1.82, 2.24) is 29.9 Å². The zero-order valence-corrected chi connectivity index (χ0v) is 20.5. The fourth-order valence-electron chi connectivity index (χ4n) is 3.75. The van der Waals surface area contributed by atoms with Gasteiger partial charge in [-0.2, -0.15) is 0 Å². The molecule has 1 N–H and O–H groups in total. The molecule has 2 amide bonds. The third-order valence-corrected chi connectivity index (χ3v) is 6.71. The smallest absolute Gasteiger partial charge is 0.251 e. The Balaban J connectivity index is 1.70. The van der Waals surface area contributed by atoms with E-state index in [1.807, 2.05) is 47.6 Å². The Morgan fingerprint density at radius 1 is 1.16 bits per heavy atom. The van der Waals surface area contributed by atoms with E-state index >= 15 is 0 Å². The number of aryl methyl sites for hydroxylation is 1. The van der Waals surface area contributed by atoms with E-state index in [0.717, 1.165) is 37.6 Å². The summed E-state index contributed by atoms with van der Waals surface area (Å²) in [4.78, 5) is 29.7. The highest BCUT2D eigenvalue weighted by molar-refractivity contribution is 7.99. The maximum atomic E-state index is 12.9. The number of rotatable bonds is 8. The summed E-state index contributed by atoms with van der Waals surface area (Å²) in [6, 6.07) is 7.27. The monoisotopic (exact) mass is 458 g/mol. The third-order valence-electron chi connectivity index (χ3n) is 5.75. The summed E-state index contributed by atoms with van der Waals surface area (Å²) in [5.74, 6) is 1.19. The van der Waals surface area contributed by atoms with Gasteiger partial charge in [0.05, 0.1) is 11.8 Å². The molecule has 0 unspecified atom stereocenters. The van der Waals surface area contributed by atoms with Crippen LogP contribution in [0.25, 0.3) is 0 Å². The molecule has 1 fully saturated rings. The summed E-state index contributed by atoms with van der Waals surface area (Å²) in [6.07, 6.45) is 0. The number of hydrogen-bond donors (Lipinski definition) is 1. The van der Waals surface area contributed by atoms with E-state index < -0.39 is 0 Å². The van der Waals surface area contributed by atoms with Gasteiger partial charge in [0.1, 0.15) is 0 Å². The van der Waals surface area contributed by atoms with E-state index in [9.17, 15) is 9.59 Å². The van der Waals surface area contributed by atoms with Gasteiger partial charge in [-0.05, 0) is 38.9 Å². The maximum Gasteiger partial charge on any atom is 0.251 e. The van der Waals surface area contributed by atoms with Crippen LogP contribution in [0.15, 0.2) is 29.4 Å². The van der Waals surface area contributed by atoms with E-state index in [1.165, 1.54) is 11.8 Å². The Morgan fingerprint density at radius 2 is 1.88 bits per heavy atom. The molecule has 1 aromatic heterocycles. The van der Waals surface area contributed by atoms with Crippen molar-refractivity contribution in [3.05, 3.63) is 41.2 Å². The highest BCUT2D eigenvalue weighted by Gasteiger charge is 2.27. The highest BCUT2D eigenvalue weighted by atomic mass is 32.2. The molecule has 1 atom stereocenters. The average Bonchev–Trinajstić information content (AvgIpc) is 3.18. The molecule has 3 rings (SSSR count). The molecule has 1 saturated heterocycles. The van der Waals surface area contributed by atoms with Crippen LogP contribution in [0.3, 0.4) is 0 Å². The molecule has 0 spiro atoms. The number of likely N-dealkylation sites (N-methyl/N-ethyl adjacent to an activating group) is 1. The lowest BCUT2D eigenvalue weighted by Crippen LogP contribution is -2.47. The number of nitrogens with zero attached hydrogens (tertiary/aromatic N) is 5. The predicted octanol–water partition coefficient (Wildman–Crippen LogP) is 2.60. The number of aromatic nitrogens is 3. The molecule has 0 saturated carbocycles. The van der Waals surface area contributed by atoms with E-state index in [2.05, 4.69) is 41.3 Å². The Kier molecular flexibility index (Phi) is 8.31. The molecule has 0 bridgehead atoms. The van der Waals surface area contributed by atoms with E-state index in [0.29, 0.717) is 23.0 Å². The molecule has 2 aromatic rings. The van der Waals surface area contributed by atoms with Gasteiger partial charge in [0.15, 0.2) is 11.0 Å². The fraction of sp³-hybridized carbons (Fsp3) is 0.565. The van der Waals surface area contributed by atoms with E-state index in [-0.39, 0.29) is 23.8 Å². The van der Waals surface area contributed by atoms with Gasteiger partial charge in [0.25, 0.3) is 5.91 Å². The van der Waals surface area contributed by atoms with Crippen molar-refractivity contribution in [2.24, 2.45) is 5.92 Å². The topological polar surface area (TPSA) is 83.4 Å². The number of benzene rings is 1. The van der Waals surface area contributed by atoms with Crippen LogP contribution < -0.4 is 5.32 Å². The summed E-state index contributed by atoms with van der Waals surface area (Å²) in [5.41, 5.74) is 1.67. The van der Waals surface area contributed by atoms with Crippen molar-refractivity contribution in [1.29, 1.82) is 0 Å². The number of thioether (sulfide) groups is 1. The van der Waals surface area contributed by atoms with Crippen molar-refractivity contribution in [2.45, 2.75) is 45.4 Å². The van der Waals surface area contributed by atoms with Crippen LogP contribution in [0.1, 0.15) is 48.6 Å². The largest absolute Gasteiger partial charge is 0.342 e. The van der Waals surface area contributed by atoms with Gasteiger partial charge < -0.3 is 19.7 Å². The number of nitrogens with one attached hydrogen (secondary N) is 1. The van der Waals surface area contributed by atoms with Gasteiger partial charge in [-0.15, -0.1) is 10.2 Å². The normalized spacial score (nSPS) is 15.8. The third kappa shape index (κ3) is 5.89. The first-order chi connectivity index (χ1) is 15.3. The molecule has 32 heavy (non-hydrogen) atoms. The molecule has 8 nitrogen and oxygen atoms in total. The van der Waals surface area contributed by atoms with Crippen LogP contribution >= 0.6 is 11.8 Å². The predicted molar refractivity (Wildman–Crippen MR) is 127 cm³/mol. The molecular formula is C23H34N6O2S. The number of carbonyl (C=O) groups is 2. The number of amides is 2. The Labute approximate surface area is 194 Å².